The van der Waals surface area contributed by atoms with E-state index in [2.05, 4.69) is 26.6 Å². The number of halogens is 4. The van der Waals surface area contributed by atoms with Gasteiger partial charge in [0.05, 0.1) is 12.1 Å². The van der Waals surface area contributed by atoms with Crippen LogP contribution in [-0.2, 0) is 6.18 Å². The van der Waals surface area contributed by atoms with E-state index in [1.165, 1.54) is 6.07 Å². The highest BCUT2D eigenvalue weighted by atomic mass is 35.5. The number of piperazine rings is 1. The Hall–Kier alpha value is -1.75. The highest BCUT2D eigenvalue weighted by Gasteiger charge is 2.30. The lowest BCUT2D eigenvalue weighted by atomic mass is 10.1. The molecule has 0 aliphatic carbocycles. The summed E-state index contributed by atoms with van der Waals surface area (Å²) in [5.74, 6) is 5.80. The maximum Gasteiger partial charge on any atom is 0.416 e. The van der Waals surface area contributed by atoms with Crippen molar-refractivity contribution in [2.45, 2.75) is 6.18 Å². The smallest absolute Gasteiger partial charge is 0.346 e. The zero-order valence-electron chi connectivity index (χ0n) is 13.3. The average molecular weight is 388 g/mol. The number of nitrogens with zero attached hydrogens (tertiary/aromatic N) is 3. The molecule has 134 valence electrons. The molecule has 0 radical (unpaired) electrons. The molecule has 0 unspecified atom stereocenters. The molecule has 0 spiro atoms. The Morgan fingerprint density at radius 1 is 1.16 bits per heavy atom. The van der Waals surface area contributed by atoms with Crippen LogP contribution in [-0.4, -0.2) is 42.6 Å². The fraction of sp³-hybridized carbons (Fsp3) is 0.353. The summed E-state index contributed by atoms with van der Waals surface area (Å²) in [6, 6.07) is 5.14. The van der Waals surface area contributed by atoms with Crippen LogP contribution in [0.25, 0.3) is 0 Å². The fourth-order valence-electron chi connectivity index (χ4n) is 2.50. The van der Waals surface area contributed by atoms with Crippen LogP contribution in [0.5, 0.6) is 0 Å². The van der Waals surface area contributed by atoms with Crippen molar-refractivity contribution in [3.63, 3.8) is 0 Å². The van der Waals surface area contributed by atoms with E-state index in [9.17, 15) is 13.2 Å². The molecule has 1 saturated heterocycles. The molecular formula is C17H17ClF3N3S. The molecule has 1 fully saturated rings. The largest absolute Gasteiger partial charge is 0.416 e. The van der Waals surface area contributed by atoms with Gasteiger partial charge in [0.1, 0.15) is 0 Å². The Balaban J connectivity index is 0.00000225. The van der Waals surface area contributed by atoms with Gasteiger partial charge < -0.3 is 4.90 Å². The Labute approximate surface area is 154 Å². The van der Waals surface area contributed by atoms with E-state index < -0.39 is 11.7 Å². The van der Waals surface area contributed by atoms with Crippen LogP contribution in [0, 0.1) is 11.8 Å². The Morgan fingerprint density at radius 2 is 1.92 bits per heavy atom. The number of benzene rings is 1. The van der Waals surface area contributed by atoms with Crippen molar-refractivity contribution in [3.8, 4) is 11.8 Å². The van der Waals surface area contributed by atoms with Crippen LogP contribution < -0.4 is 4.90 Å². The third kappa shape index (κ3) is 5.36. The number of hydrogen-bond donors (Lipinski definition) is 0. The molecule has 1 aromatic heterocycles. The van der Waals surface area contributed by atoms with Crippen LogP contribution >= 0.6 is 23.7 Å². The van der Waals surface area contributed by atoms with Gasteiger partial charge in [-0.2, -0.15) is 13.2 Å². The molecule has 0 atom stereocenters. The molecule has 3 nitrogen and oxygen atoms in total. The first kappa shape index (κ1) is 19.6. The summed E-state index contributed by atoms with van der Waals surface area (Å²) in [5.41, 5.74) is -0.266. The van der Waals surface area contributed by atoms with Gasteiger partial charge in [-0.1, -0.05) is 17.9 Å². The predicted molar refractivity (Wildman–Crippen MR) is 96.3 cm³/mol. The highest BCUT2D eigenvalue weighted by Crippen LogP contribution is 2.29. The number of hydrogen-bond acceptors (Lipinski definition) is 4. The molecule has 1 aromatic carbocycles. The van der Waals surface area contributed by atoms with E-state index >= 15 is 0 Å². The van der Waals surface area contributed by atoms with Crippen molar-refractivity contribution in [1.82, 2.24) is 9.88 Å². The van der Waals surface area contributed by atoms with Crippen molar-refractivity contribution in [2.24, 2.45) is 0 Å². The molecule has 8 heteroatoms. The molecule has 2 heterocycles. The number of alkyl halides is 3. The second-order valence-corrected chi connectivity index (χ2v) is 6.33. The van der Waals surface area contributed by atoms with Gasteiger partial charge in [-0.25, -0.2) is 4.98 Å². The summed E-state index contributed by atoms with van der Waals surface area (Å²) in [4.78, 5) is 8.74. The van der Waals surface area contributed by atoms with Gasteiger partial charge in [0.25, 0.3) is 0 Å². The van der Waals surface area contributed by atoms with Crippen LogP contribution in [0.3, 0.4) is 0 Å². The van der Waals surface area contributed by atoms with Gasteiger partial charge in [-0.3, -0.25) is 4.90 Å². The first-order chi connectivity index (χ1) is 11.5. The molecule has 0 N–H and O–H groups in total. The van der Waals surface area contributed by atoms with Gasteiger partial charge in [-0.05, 0) is 18.2 Å². The second kappa shape index (κ2) is 8.56. The molecular weight excluding hydrogens is 371 g/mol. The predicted octanol–water partition coefficient (Wildman–Crippen LogP) is 3.76. The lowest BCUT2D eigenvalue weighted by Gasteiger charge is -2.33. The second-order valence-electron chi connectivity index (χ2n) is 5.46. The zero-order chi connectivity index (χ0) is 17.0. The van der Waals surface area contributed by atoms with E-state index in [0.717, 1.165) is 43.4 Å². The Bertz CT molecular complexity index is 730. The van der Waals surface area contributed by atoms with Crippen molar-refractivity contribution in [1.29, 1.82) is 0 Å². The molecule has 0 saturated carbocycles. The molecule has 25 heavy (non-hydrogen) atoms. The Morgan fingerprint density at radius 3 is 2.56 bits per heavy atom. The minimum absolute atomic E-state index is 0. The zero-order valence-corrected chi connectivity index (χ0v) is 14.9. The molecule has 0 bridgehead atoms. The summed E-state index contributed by atoms with van der Waals surface area (Å²) in [7, 11) is 0. The van der Waals surface area contributed by atoms with E-state index in [0.29, 0.717) is 12.1 Å². The van der Waals surface area contributed by atoms with Gasteiger partial charge in [0.15, 0.2) is 5.13 Å². The van der Waals surface area contributed by atoms with E-state index in [1.807, 2.05) is 5.38 Å². The van der Waals surface area contributed by atoms with Crippen LogP contribution in [0.15, 0.2) is 35.8 Å². The van der Waals surface area contributed by atoms with Crippen molar-refractivity contribution in [3.05, 3.63) is 47.0 Å². The molecule has 0 amide bonds. The number of anilines is 1. The van der Waals surface area contributed by atoms with E-state index in [4.69, 9.17) is 0 Å². The minimum atomic E-state index is -4.33. The first-order valence-corrected chi connectivity index (χ1v) is 8.43. The van der Waals surface area contributed by atoms with E-state index in [-0.39, 0.29) is 12.4 Å². The maximum atomic E-state index is 12.7. The summed E-state index contributed by atoms with van der Waals surface area (Å²) < 4.78 is 38.0. The summed E-state index contributed by atoms with van der Waals surface area (Å²) >= 11 is 1.63. The third-order valence-electron chi connectivity index (χ3n) is 3.79. The lowest BCUT2D eigenvalue weighted by Crippen LogP contribution is -2.46. The topological polar surface area (TPSA) is 19.4 Å². The quantitative estimate of drug-likeness (QED) is 0.731. The number of aromatic nitrogens is 1. The van der Waals surface area contributed by atoms with Crippen LogP contribution in [0.1, 0.15) is 11.1 Å². The highest BCUT2D eigenvalue weighted by molar-refractivity contribution is 7.13. The number of thiazole rings is 1. The summed E-state index contributed by atoms with van der Waals surface area (Å²) in [6.07, 6.45) is -2.53. The van der Waals surface area contributed by atoms with Gasteiger partial charge in [0, 0.05) is 43.3 Å². The van der Waals surface area contributed by atoms with E-state index in [1.54, 1.807) is 23.6 Å². The van der Waals surface area contributed by atoms with Crippen LogP contribution in [0.2, 0.25) is 0 Å². The summed E-state index contributed by atoms with van der Waals surface area (Å²) in [6.45, 7) is 4.08. The maximum absolute atomic E-state index is 12.7. The van der Waals surface area contributed by atoms with Gasteiger partial charge in [0.2, 0.25) is 0 Å². The first-order valence-electron chi connectivity index (χ1n) is 7.55. The lowest BCUT2D eigenvalue weighted by molar-refractivity contribution is -0.137. The molecule has 3 rings (SSSR count). The minimum Gasteiger partial charge on any atom is -0.346 e. The Kier molecular flexibility index (Phi) is 6.71. The van der Waals surface area contributed by atoms with Crippen molar-refractivity contribution in [2.75, 3.05) is 37.6 Å². The fourth-order valence-corrected chi connectivity index (χ4v) is 3.19. The van der Waals surface area contributed by atoms with Gasteiger partial charge in [-0.15, -0.1) is 23.7 Å². The van der Waals surface area contributed by atoms with Crippen LogP contribution in [0.4, 0.5) is 18.3 Å². The molecule has 1 aliphatic rings. The number of rotatable bonds is 2. The SMILES string of the molecule is Cl.FC(F)(F)c1cccc(C#CCN2CCN(c3nccs3)CC2)c1. The van der Waals surface area contributed by atoms with Crippen molar-refractivity contribution >= 4 is 28.9 Å². The standard InChI is InChI=1S/C17H16F3N3S.ClH/c18-17(19,20)15-5-1-3-14(13-15)4-2-7-22-8-10-23(11-9-22)16-21-6-12-24-16;/h1,3,5-6,12-13H,7-11H2;1H. The van der Waals surface area contributed by atoms with Crippen molar-refractivity contribution < 1.29 is 13.2 Å². The van der Waals surface area contributed by atoms with Gasteiger partial charge >= 0.3 is 6.18 Å². The third-order valence-corrected chi connectivity index (χ3v) is 4.62. The molecule has 2 aromatic rings. The monoisotopic (exact) mass is 387 g/mol. The summed E-state index contributed by atoms with van der Waals surface area (Å²) in [5, 5.41) is 2.99. The molecule has 1 aliphatic heterocycles. The average Bonchev–Trinajstić information content (AvgIpc) is 3.10. The normalized spacial score (nSPS) is 15.2.